The highest BCUT2D eigenvalue weighted by Gasteiger charge is 2.20. The zero-order valence-corrected chi connectivity index (χ0v) is 10.2. The van der Waals surface area contributed by atoms with E-state index in [1.54, 1.807) is 0 Å². The number of nitrogens with zero attached hydrogens (tertiary/aromatic N) is 1. The average Bonchev–Trinajstić information content (AvgIpc) is 2.67. The summed E-state index contributed by atoms with van der Waals surface area (Å²) < 4.78 is 0. The van der Waals surface area contributed by atoms with E-state index in [0.29, 0.717) is 6.04 Å². The first-order chi connectivity index (χ1) is 6.88. The van der Waals surface area contributed by atoms with Gasteiger partial charge in [-0.2, -0.15) is 13.5 Å². The number of rotatable bonds is 3. The molecule has 1 heterocycles. The summed E-state index contributed by atoms with van der Waals surface area (Å²) >= 11 is 0. The quantitative estimate of drug-likeness (QED) is 0.839. The van der Waals surface area contributed by atoms with Gasteiger partial charge in [-0.3, -0.25) is 4.90 Å². The zero-order valence-electron chi connectivity index (χ0n) is 9.24. The van der Waals surface area contributed by atoms with E-state index in [4.69, 9.17) is 0 Å². The number of hydrogen-bond donors (Lipinski definition) is 1. The van der Waals surface area contributed by atoms with Crippen LogP contribution in [-0.2, 0) is 6.54 Å². The van der Waals surface area contributed by atoms with Crippen LogP contribution in [0.3, 0.4) is 0 Å². The van der Waals surface area contributed by atoms with Gasteiger partial charge < -0.3 is 5.32 Å². The minimum absolute atomic E-state index is 0. The van der Waals surface area contributed by atoms with Crippen LogP contribution in [0.4, 0.5) is 0 Å². The molecule has 0 aliphatic carbocycles. The Morgan fingerprint density at radius 2 is 2.07 bits per heavy atom. The minimum atomic E-state index is 0. The SMILES string of the molecule is CN[C@H]1CCN(Cc2ccccc2)C1.S. The molecule has 2 rings (SSSR count). The highest BCUT2D eigenvalue weighted by Crippen LogP contribution is 2.12. The van der Waals surface area contributed by atoms with Gasteiger partial charge in [-0.15, -0.1) is 0 Å². The molecule has 1 fully saturated rings. The van der Waals surface area contributed by atoms with Gasteiger partial charge in [0.2, 0.25) is 0 Å². The van der Waals surface area contributed by atoms with E-state index in [1.807, 2.05) is 0 Å². The summed E-state index contributed by atoms with van der Waals surface area (Å²) in [5.41, 5.74) is 1.42. The molecule has 1 aliphatic heterocycles. The molecule has 15 heavy (non-hydrogen) atoms. The van der Waals surface area contributed by atoms with Crippen molar-refractivity contribution in [3.8, 4) is 0 Å². The maximum Gasteiger partial charge on any atom is 0.0234 e. The first-order valence-electron chi connectivity index (χ1n) is 5.32. The van der Waals surface area contributed by atoms with E-state index < -0.39 is 0 Å². The summed E-state index contributed by atoms with van der Waals surface area (Å²) in [5.74, 6) is 0. The molecule has 1 N–H and O–H groups in total. The van der Waals surface area contributed by atoms with E-state index in [9.17, 15) is 0 Å². The second kappa shape index (κ2) is 6.16. The molecule has 0 bridgehead atoms. The third kappa shape index (κ3) is 3.52. The zero-order chi connectivity index (χ0) is 9.80. The molecule has 3 heteroatoms. The van der Waals surface area contributed by atoms with E-state index in [2.05, 4.69) is 47.6 Å². The highest BCUT2D eigenvalue weighted by molar-refractivity contribution is 7.59. The second-order valence-corrected chi connectivity index (χ2v) is 3.99. The second-order valence-electron chi connectivity index (χ2n) is 3.99. The minimum Gasteiger partial charge on any atom is -0.316 e. The molecule has 1 aromatic carbocycles. The van der Waals surface area contributed by atoms with Gasteiger partial charge in [0.1, 0.15) is 0 Å². The Morgan fingerprint density at radius 3 is 2.67 bits per heavy atom. The fraction of sp³-hybridized carbons (Fsp3) is 0.500. The molecule has 2 nitrogen and oxygen atoms in total. The maximum atomic E-state index is 3.34. The maximum absolute atomic E-state index is 3.34. The molecule has 1 atom stereocenters. The Balaban J connectivity index is 0.00000112. The number of likely N-dealkylation sites (tertiary alicyclic amines) is 1. The van der Waals surface area contributed by atoms with Crippen molar-refractivity contribution < 1.29 is 0 Å². The van der Waals surface area contributed by atoms with E-state index in [-0.39, 0.29) is 13.5 Å². The molecular formula is C12H20N2S. The van der Waals surface area contributed by atoms with Gasteiger partial charge in [0.15, 0.2) is 0 Å². The van der Waals surface area contributed by atoms with Crippen LogP contribution >= 0.6 is 13.5 Å². The van der Waals surface area contributed by atoms with Gasteiger partial charge >= 0.3 is 0 Å². The monoisotopic (exact) mass is 224 g/mol. The largest absolute Gasteiger partial charge is 0.316 e. The molecule has 84 valence electrons. The summed E-state index contributed by atoms with van der Waals surface area (Å²) in [4.78, 5) is 2.51. The van der Waals surface area contributed by atoms with Crippen LogP contribution in [0.15, 0.2) is 30.3 Å². The first kappa shape index (κ1) is 12.6. The lowest BCUT2D eigenvalue weighted by Crippen LogP contribution is -2.29. The molecule has 1 aliphatic rings. The molecule has 0 unspecified atom stereocenters. The van der Waals surface area contributed by atoms with E-state index in [0.717, 1.165) is 6.54 Å². The smallest absolute Gasteiger partial charge is 0.0234 e. The Hall–Kier alpha value is -0.510. The molecule has 1 saturated heterocycles. The summed E-state index contributed by atoms with van der Waals surface area (Å²) in [5, 5.41) is 3.34. The van der Waals surface area contributed by atoms with Crippen molar-refractivity contribution in [1.82, 2.24) is 10.2 Å². The van der Waals surface area contributed by atoms with E-state index >= 15 is 0 Å². The van der Waals surface area contributed by atoms with Crippen molar-refractivity contribution >= 4 is 13.5 Å². The number of nitrogens with one attached hydrogen (secondary N) is 1. The Kier molecular flexibility index (Phi) is 5.15. The van der Waals surface area contributed by atoms with Crippen LogP contribution in [0.1, 0.15) is 12.0 Å². The van der Waals surface area contributed by atoms with Crippen LogP contribution in [0.25, 0.3) is 0 Å². The van der Waals surface area contributed by atoms with Crippen molar-refractivity contribution in [2.24, 2.45) is 0 Å². The van der Waals surface area contributed by atoms with Crippen molar-refractivity contribution in [1.29, 1.82) is 0 Å². The summed E-state index contributed by atoms with van der Waals surface area (Å²) in [6, 6.07) is 11.4. The fourth-order valence-corrected chi connectivity index (χ4v) is 2.05. The molecule has 0 saturated carbocycles. The molecule has 1 aromatic rings. The number of benzene rings is 1. The van der Waals surface area contributed by atoms with Crippen molar-refractivity contribution in [3.05, 3.63) is 35.9 Å². The van der Waals surface area contributed by atoms with Gasteiger partial charge in [-0.25, -0.2) is 0 Å². The first-order valence-corrected chi connectivity index (χ1v) is 5.32. The normalized spacial score (nSPS) is 21.3. The van der Waals surface area contributed by atoms with E-state index in [1.165, 1.54) is 25.1 Å². The summed E-state index contributed by atoms with van der Waals surface area (Å²) in [6.45, 7) is 3.50. The van der Waals surface area contributed by atoms with Crippen LogP contribution in [-0.4, -0.2) is 31.1 Å². The van der Waals surface area contributed by atoms with Crippen LogP contribution in [0, 0.1) is 0 Å². The van der Waals surface area contributed by atoms with Crippen molar-refractivity contribution in [2.45, 2.75) is 19.0 Å². The van der Waals surface area contributed by atoms with Crippen LogP contribution < -0.4 is 5.32 Å². The summed E-state index contributed by atoms with van der Waals surface area (Å²) in [7, 11) is 2.05. The number of likely N-dealkylation sites (N-methyl/N-ethyl adjacent to an activating group) is 1. The Morgan fingerprint density at radius 1 is 1.33 bits per heavy atom. The average molecular weight is 224 g/mol. The third-order valence-corrected chi connectivity index (χ3v) is 2.93. The fourth-order valence-electron chi connectivity index (χ4n) is 2.05. The summed E-state index contributed by atoms with van der Waals surface area (Å²) in [6.07, 6.45) is 1.28. The Bertz CT molecular complexity index is 276. The lowest BCUT2D eigenvalue weighted by molar-refractivity contribution is 0.322. The molecule has 0 radical (unpaired) electrons. The topological polar surface area (TPSA) is 15.3 Å². The molecule has 0 spiro atoms. The number of hydrogen-bond acceptors (Lipinski definition) is 2. The van der Waals surface area contributed by atoms with Gasteiger partial charge in [-0.1, -0.05) is 30.3 Å². The Labute approximate surface area is 99.1 Å². The van der Waals surface area contributed by atoms with Gasteiger partial charge in [0.05, 0.1) is 0 Å². The molecular weight excluding hydrogens is 204 g/mol. The lowest BCUT2D eigenvalue weighted by Gasteiger charge is -2.15. The molecule has 0 aromatic heterocycles. The van der Waals surface area contributed by atoms with Gasteiger partial charge in [0.25, 0.3) is 0 Å². The van der Waals surface area contributed by atoms with Crippen molar-refractivity contribution in [3.63, 3.8) is 0 Å². The van der Waals surface area contributed by atoms with Gasteiger partial charge in [-0.05, 0) is 19.0 Å². The van der Waals surface area contributed by atoms with Crippen molar-refractivity contribution in [2.75, 3.05) is 20.1 Å². The third-order valence-electron chi connectivity index (χ3n) is 2.93. The van der Waals surface area contributed by atoms with Crippen LogP contribution in [0.2, 0.25) is 0 Å². The highest BCUT2D eigenvalue weighted by atomic mass is 32.1. The van der Waals surface area contributed by atoms with Crippen LogP contribution in [0.5, 0.6) is 0 Å². The lowest BCUT2D eigenvalue weighted by atomic mass is 10.2. The predicted octanol–water partition coefficient (Wildman–Crippen LogP) is 1.59. The molecule has 0 amide bonds. The standard InChI is InChI=1S/C12H18N2.H2S/c1-13-12-7-8-14(10-12)9-11-5-3-2-4-6-11;/h2-6,12-13H,7-10H2,1H3;1H2/t12-;/m0./s1. The van der Waals surface area contributed by atoms with Gasteiger partial charge in [0, 0.05) is 25.7 Å². The predicted molar refractivity (Wildman–Crippen MR) is 69.6 cm³/mol.